The highest BCUT2D eigenvalue weighted by Gasteiger charge is 2.28. The Morgan fingerprint density at radius 1 is 1.41 bits per heavy atom. The zero-order chi connectivity index (χ0) is 13.1. The van der Waals surface area contributed by atoms with Crippen molar-refractivity contribution < 1.29 is 17.4 Å². The van der Waals surface area contributed by atoms with Gasteiger partial charge in [-0.3, -0.25) is 13.9 Å². The molecule has 0 unspecified atom stereocenters. The Morgan fingerprint density at radius 2 is 2.06 bits per heavy atom. The van der Waals surface area contributed by atoms with Gasteiger partial charge in [-0.15, -0.1) is 0 Å². The molecule has 1 saturated heterocycles. The second-order valence-corrected chi connectivity index (χ2v) is 6.00. The molecule has 0 aromatic heterocycles. The first-order valence-corrected chi connectivity index (χ1v) is 7.46. The monoisotopic (exact) mass is 264 g/mol. The summed E-state index contributed by atoms with van der Waals surface area (Å²) in [5, 5.41) is 0. The van der Waals surface area contributed by atoms with Crippen LogP contribution in [0.15, 0.2) is 0 Å². The molecule has 0 bridgehead atoms. The van der Waals surface area contributed by atoms with Crippen LogP contribution in [0.2, 0.25) is 0 Å². The van der Waals surface area contributed by atoms with Gasteiger partial charge in [-0.1, -0.05) is 0 Å². The van der Waals surface area contributed by atoms with Crippen LogP contribution in [0.3, 0.4) is 0 Å². The van der Waals surface area contributed by atoms with Crippen molar-refractivity contribution in [2.45, 2.75) is 19.4 Å². The normalized spacial score (nSPS) is 23.1. The SMILES string of the molecule is C[C@@H]1C(=O)N(C)CCN1CCCOS(C)(=O)=O. The van der Waals surface area contributed by atoms with E-state index in [0.717, 1.165) is 19.3 Å². The van der Waals surface area contributed by atoms with E-state index in [4.69, 9.17) is 0 Å². The number of likely N-dealkylation sites (N-methyl/N-ethyl adjacent to an activating group) is 1. The summed E-state index contributed by atoms with van der Waals surface area (Å²) >= 11 is 0. The van der Waals surface area contributed by atoms with Crippen molar-refractivity contribution >= 4 is 16.0 Å². The summed E-state index contributed by atoms with van der Waals surface area (Å²) in [6.45, 7) is 4.26. The Kier molecular flexibility index (Phi) is 4.91. The molecule has 6 nitrogen and oxygen atoms in total. The number of carbonyl (C=O) groups excluding carboxylic acids is 1. The molecule has 1 fully saturated rings. The summed E-state index contributed by atoms with van der Waals surface area (Å²) < 4.78 is 26.1. The molecule has 0 saturated carbocycles. The molecule has 1 aliphatic heterocycles. The minimum atomic E-state index is -3.35. The minimum absolute atomic E-state index is 0.111. The number of amides is 1. The summed E-state index contributed by atoms with van der Waals surface area (Å²) in [7, 11) is -1.56. The van der Waals surface area contributed by atoms with Gasteiger partial charge >= 0.3 is 0 Å². The molecule has 0 N–H and O–H groups in total. The zero-order valence-corrected chi connectivity index (χ0v) is 11.4. The van der Waals surface area contributed by atoms with Crippen LogP contribution in [0.25, 0.3) is 0 Å². The highest BCUT2D eigenvalue weighted by molar-refractivity contribution is 7.85. The van der Waals surface area contributed by atoms with E-state index in [-0.39, 0.29) is 18.6 Å². The Morgan fingerprint density at radius 3 is 2.65 bits per heavy atom. The number of hydrogen-bond acceptors (Lipinski definition) is 5. The van der Waals surface area contributed by atoms with Crippen molar-refractivity contribution in [3.63, 3.8) is 0 Å². The molecular formula is C10H20N2O4S. The first kappa shape index (κ1) is 14.4. The van der Waals surface area contributed by atoms with Gasteiger partial charge in [-0.05, 0) is 13.3 Å². The number of nitrogens with zero attached hydrogens (tertiary/aromatic N) is 2. The Balaban J connectivity index is 2.30. The average molecular weight is 264 g/mol. The number of piperazine rings is 1. The fourth-order valence-electron chi connectivity index (χ4n) is 1.84. The molecule has 1 rings (SSSR count). The summed E-state index contributed by atoms with van der Waals surface area (Å²) in [6, 6.07) is -0.132. The molecule has 0 aromatic rings. The van der Waals surface area contributed by atoms with Gasteiger partial charge in [0.25, 0.3) is 10.1 Å². The number of carbonyl (C=O) groups is 1. The summed E-state index contributed by atoms with van der Waals surface area (Å²) in [5.74, 6) is 0.111. The topological polar surface area (TPSA) is 66.9 Å². The predicted molar refractivity (Wildman–Crippen MR) is 64.1 cm³/mol. The lowest BCUT2D eigenvalue weighted by Crippen LogP contribution is -2.54. The van der Waals surface area contributed by atoms with Gasteiger partial charge in [0.1, 0.15) is 0 Å². The van der Waals surface area contributed by atoms with Crippen LogP contribution in [0.4, 0.5) is 0 Å². The lowest BCUT2D eigenvalue weighted by molar-refractivity contribution is -0.139. The number of rotatable bonds is 5. The minimum Gasteiger partial charge on any atom is -0.343 e. The maximum atomic E-state index is 11.7. The van der Waals surface area contributed by atoms with Crippen molar-refractivity contribution in [1.82, 2.24) is 9.80 Å². The molecule has 17 heavy (non-hydrogen) atoms. The fraction of sp³-hybridized carbons (Fsp3) is 0.900. The van der Waals surface area contributed by atoms with E-state index in [0.29, 0.717) is 13.0 Å². The van der Waals surface area contributed by atoms with Gasteiger partial charge in [0.05, 0.1) is 18.9 Å². The van der Waals surface area contributed by atoms with Crippen molar-refractivity contribution in [3.8, 4) is 0 Å². The summed E-state index contributed by atoms with van der Waals surface area (Å²) in [4.78, 5) is 15.5. The third kappa shape index (κ3) is 4.61. The van der Waals surface area contributed by atoms with Gasteiger partial charge in [0.2, 0.25) is 5.91 Å². The molecule has 100 valence electrons. The van der Waals surface area contributed by atoms with Gasteiger partial charge in [-0.2, -0.15) is 8.42 Å². The van der Waals surface area contributed by atoms with E-state index in [1.807, 2.05) is 11.8 Å². The van der Waals surface area contributed by atoms with Crippen molar-refractivity contribution in [2.24, 2.45) is 0 Å². The van der Waals surface area contributed by atoms with Gasteiger partial charge in [0, 0.05) is 26.7 Å². The van der Waals surface area contributed by atoms with Crippen LogP contribution in [0.5, 0.6) is 0 Å². The molecule has 1 atom stereocenters. The predicted octanol–water partition coefficient (Wildman–Crippen LogP) is -0.485. The molecule has 1 amide bonds. The third-order valence-corrected chi connectivity index (χ3v) is 3.49. The Bertz CT molecular complexity index is 369. The van der Waals surface area contributed by atoms with Crippen molar-refractivity contribution in [2.75, 3.05) is 39.5 Å². The second kappa shape index (κ2) is 5.79. The van der Waals surface area contributed by atoms with Crippen LogP contribution in [-0.4, -0.2) is 69.7 Å². The third-order valence-electron chi connectivity index (χ3n) is 2.89. The van der Waals surface area contributed by atoms with Crippen molar-refractivity contribution in [3.05, 3.63) is 0 Å². The van der Waals surface area contributed by atoms with Crippen LogP contribution in [-0.2, 0) is 19.1 Å². The smallest absolute Gasteiger partial charge is 0.264 e. The summed E-state index contributed by atoms with van der Waals surface area (Å²) in [6.07, 6.45) is 1.64. The summed E-state index contributed by atoms with van der Waals surface area (Å²) in [5.41, 5.74) is 0. The lowest BCUT2D eigenvalue weighted by Gasteiger charge is -2.37. The van der Waals surface area contributed by atoms with E-state index in [9.17, 15) is 13.2 Å². The highest BCUT2D eigenvalue weighted by atomic mass is 32.2. The lowest BCUT2D eigenvalue weighted by atomic mass is 10.2. The van der Waals surface area contributed by atoms with Crippen LogP contribution < -0.4 is 0 Å². The van der Waals surface area contributed by atoms with E-state index in [2.05, 4.69) is 4.18 Å². The second-order valence-electron chi connectivity index (χ2n) is 4.35. The van der Waals surface area contributed by atoms with Gasteiger partial charge < -0.3 is 4.90 Å². The molecule has 0 radical (unpaired) electrons. The number of hydrogen-bond donors (Lipinski definition) is 0. The van der Waals surface area contributed by atoms with Crippen LogP contribution in [0.1, 0.15) is 13.3 Å². The van der Waals surface area contributed by atoms with E-state index < -0.39 is 10.1 Å². The highest BCUT2D eigenvalue weighted by Crippen LogP contribution is 2.09. The van der Waals surface area contributed by atoms with Crippen LogP contribution >= 0.6 is 0 Å². The molecule has 0 aliphatic carbocycles. The molecular weight excluding hydrogens is 244 g/mol. The molecule has 0 aromatic carbocycles. The maximum Gasteiger partial charge on any atom is 0.264 e. The zero-order valence-electron chi connectivity index (χ0n) is 10.5. The van der Waals surface area contributed by atoms with Gasteiger partial charge in [-0.25, -0.2) is 0 Å². The first-order chi connectivity index (χ1) is 7.81. The standard InChI is InChI=1S/C10H20N2O4S/c1-9-10(13)11(2)6-7-12(9)5-4-8-16-17(3,14)15/h9H,4-8H2,1-3H3/t9-/m1/s1. The Hall–Kier alpha value is -0.660. The largest absolute Gasteiger partial charge is 0.343 e. The quantitative estimate of drug-likeness (QED) is 0.495. The fourth-order valence-corrected chi connectivity index (χ4v) is 2.26. The molecule has 1 aliphatic rings. The maximum absolute atomic E-state index is 11.7. The molecule has 0 spiro atoms. The van der Waals surface area contributed by atoms with Gasteiger partial charge in [0.15, 0.2) is 0 Å². The first-order valence-electron chi connectivity index (χ1n) is 5.64. The van der Waals surface area contributed by atoms with Crippen LogP contribution in [0, 0.1) is 0 Å². The molecule has 1 heterocycles. The molecule has 7 heteroatoms. The van der Waals surface area contributed by atoms with E-state index >= 15 is 0 Å². The Labute approximate surface area is 103 Å². The van der Waals surface area contributed by atoms with E-state index in [1.165, 1.54) is 0 Å². The average Bonchev–Trinajstić information content (AvgIpc) is 2.22. The van der Waals surface area contributed by atoms with E-state index in [1.54, 1.807) is 11.9 Å². The van der Waals surface area contributed by atoms with Crippen molar-refractivity contribution in [1.29, 1.82) is 0 Å².